The summed E-state index contributed by atoms with van der Waals surface area (Å²) in [7, 11) is 0. The van der Waals surface area contributed by atoms with E-state index in [0.717, 1.165) is 56.0 Å². The van der Waals surface area contributed by atoms with Crippen LogP contribution < -0.4 is 10.1 Å². The molecular formula is C26H27ClN4O4. The van der Waals surface area contributed by atoms with E-state index in [4.69, 9.17) is 20.9 Å². The van der Waals surface area contributed by atoms with Crippen molar-refractivity contribution in [1.82, 2.24) is 20.4 Å². The molecule has 182 valence electrons. The fourth-order valence-corrected chi connectivity index (χ4v) is 4.66. The number of H-pyrrole nitrogens is 1. The number of ether oxygens (including phenoxy) is 1. The van der Waals surface area contributed by atoms with Crippen molar-refractivity contribution in [2.24, 2.45) is 0 Å². The van der Waals surface area contributed by atoms with Gasteiger partial charge in [0.15, 0.2) is 0 Å². The molecule has 1 saturated heterocycles. The Morgan fingerprint density at radius 2 is 1.97 bits per heavy atom. The van der Waals surface area contributed by atoms with Crippen LogP contribution in [0.25, 0.3) is 22.0 Å². The first-order valence-corrected chi connectivity index (χ1v) is 12.1. The lowest BCUT2D eigenvalue weighted by Crippen LogP contribution is -2.43. The second-order valence-electron chi connectivity index (χ2n) is 8.71. The van der Waals surface area contributed by atoms with Crippen LogP contribution in [0.4, 0.5) is 0 Å². The standard InChI is InChI=1S/C26H27ClN4O4/c1-16-13-23(35-30-16)25(32)24-20-14-19(21(27)15-22(20)29-26(24)33)17-3-5-18(6-4-17)34-12-2-9-31-10-7-28-8-11-31/h3-6,13-15,28-29,33H,2,7-12H2,1H3. The Labute approximate surface area is 207 Å². The summed E-state index contributed by atoms with van der Waals surface area (Å²) in [4.78, 5) is 18.3. The fourth-order valence-electron chi connectivity index (χ4n) is 4.39. The van der Waals surface area contributed by atoms with Crippen LogP contribution >= 0.6 is 11.6 Å². The molecule has 1 aliphatic heterocycles. The zero-order valence-electron chi connectivity index (χ0n) is 19.4. The summed E-state index contributed by atoms with van der Waals surface area (Å²) in [5, 5.41) is 18.6. The molecule has 0 amide bonds. The van der Waals surface area contributed by atoms with Gasteiger partial charge in [0.1, 0.15) is 5.75 Å². The number of nitrogens with zero attached hydrogens (tertiary/aromatic N) is 2. The molecule has 0 bridgehead atoms. The molecule has 5 rings (SSSR count). The number of ketones is 1. The van der Waals surface area contributed by atoms with Gasteiger partial charge in [-0.1, -0.05) is 28.9 Å². The van der Waals surface area contributed by atoms with Gasteiger partial charge in [-0.05, 0) is 43.2 Å². The maximum Gasteiger partial charge on any atom is 0.237 e. The van der Waals surface area contributed by atoms with Crippen LogP contribution in [0.5, 0.6) is 11.6 Å². The predicted octanol–water partition coefficient (Wildman–Crippen LogP) is 4.40. The van der Waals surface area contributed by atoms with E-state index in [9.17, 15) is 9.90 Å². The first-order chi connectivity index (χ1) is 17.0. The van der Waals surface area contributed by atoms with Gasteiger partial charge in [0.2, 0.25) is 17.4 Å². The summed E-state index contributed by atoms with van der Waals surface area (Å²) in [5.41, 5.74) is 2.88. The molecule has 8 nitrogen and oxygen atoms in total. The van der Waals surface area contributed by atoms with Crippen LogP contribution in [0, 0.1) is 6.92 Å². The Morgan fingerprint density at radius 1 is 1.20 bits per heavy atom. The first-order valence-electron chi connectivity index (χ1n) is 11.7. The Balaban J connectivity index is 1.32. The van der Waals surface area contributed by atoms with Crippen molar-refractivity contribution in [1.29, 1.82) is 0 Å². The summed E-state index contributed by atoms with van der Waals surface area (Å²) in [6.45, 7) is 7.70. The number of carbonyl (C=O) groups is 1. The molecular weight excluding hydrogens is 468 g/mol. The summed E-state index contributed by atoms with van der Waals surface area (Å²) < 4.78 is 11.0. The van der Waals surface area contributed by atoms with E-state index in [1.807, 2.05) is 24.3 Å². The van der Waals surface area contributed by atoms with E-state index in [1.54, 1.807) is 25.1 Å². The van der Waals surface area contributed by atoms with Gasteiger partial charge in [-0.25, -0.2) is 0 Å². The number of halogens is 1. The van der Waals surface area contributed by atoms with E-state index in [1.165, 1.54) is 0 Å². The van der Waals surface area contributed by atoms with E-state index >= 15 is 0 Å². The molecule has 2 aromatic heterocycles. The highest BCUT2D eigenvalue weighted by Crippen LogP contribution is 2.37. The van der Waals surface area contributed by atoms with E-state index in [0.29, 0.717) is 28.2 Å². The number of hydrogen-bond donors (Lipinski definition) is 3. The summed E-state index contributed by atoms with van der Waals surface area (Å²) >= 11 is 6.56. The Kier molecular flexibility index (Phi) is 6.77. The molecule has 0 saturated carbocycles. The number of aryl methyl sites for hydroxylation is 1. The molecule has 0 radical (unpaired) electrons. The molecule has 0 unspecified atom stereocenters. The average molecular weight is 495 g/mol. The number of piperazine rings is 1. The number of benzene rings is 2. The third kappa shape index (κ3) is 5.05. The maximum absolute atomic E-state index is 13.0. The largest absolute Gasteiger partial charge is 0.494 e. The summed E-state index contributed by atoms with van der Waals surface area (Å²) in [6, 6.07) is 12.7. The molecule has 35 heavy (non-hydrogen) atoms. The second kappa shape index (κ2) is 10.1. The maximum atomic E-state index is 13.0. The first kappa shape index (κ1) is 23.4. The van der Waals surface area contributed by atoms with Crippen LogP contribution in [-0.2, 0) is 0 Å². The second-order valence-corrected chi connectivity index (χ2v) is 9.11. The molecule has 3 heterocycles. The Morgan fingerprint density at radius 3 is 2.69 bits per heavy atom. The number of aromatic nitrogens is 2. The molecule has 1 fully saturated rings. The van der Waals surface area contributed by atoms with E-state index in [-0.39, 0.29) is 17.2 Å². The van der Waals surface area contributed by atoms with Crippen LogP contribution in [-0.4, -0.2) is 65.3 Å². The van der Waals surface area contributed by atoms with Gasteiger partial charge in [0.25, 0.3) is 0 Å². The lowest BCUT2D eigenvalue weighted by atomic mass is 10.0. The van der Waals surface area contributed by atoms with Crippen LogP contribution in [0.1, 0.15) is 28.2 Å². The lowest BCUT2D eigenvalue weighted by molar-refractivity contribution is 0.0999. The van der Waals surface area contributed by atoms with Crippen molar-refractivity contribution in [3.05, 3.63) is 64.5 Å². The molecule has 0 aliphatic carbocycles. The molecule has 1 aliphatic rings. The van der Waals surface area contributed by atoms with Gasteiger partial charge >= 0.3 is 0 Å². The van der Waals surface area contributed by atoms with Crippen LogP contribution in [0.2, 0.25) is 5.02 Å². The Hall–Kier alpha value is -3.33. The third-order valence-corrected chi connectivity index (χ3v) is 6.52. The molecule has 3 N–H and O–H groups in total. The number of fused-ring (bicyclic) bond motifs is 1. The van der Waals surface area contributed by atoms with Crippen molar-refractivity contribution < 1.29 is 19.2 Å². The fraction of sp³-hybridized carbons (Fsp3) is 0.308. The Bertz CT molecular complexity index is 1340. The summed E-state index contributed by atoms with van der Waals surface area (Å²) in [6.07, 6.45) is 0.975. The van der Waals surface area contributed by atoms with E-state index < -0.39 is 5.78 Å². The van der Waals surface area contributed by atoms with Gasteiger partial charge < -0.3 is 29.6 Å². The van der Waals surface area contributed by atoms with Crippen molar-refractivity contribution in [3.8, 4) is 22.8 Å². The number of carbonyl (C=O) groups excluding carboxylic acids is 1. The molecule has 0 atom stereocenters. The SMILES string of the molecule is Cc1cc(C(=O)c2c(O)[nH]c3cc(Cl)c(-c4ccc(OCCCN5CCNCC5)cc4)cc23)on1. The lowest BCUT2D eigenvalue weighted by Gasteiger charge is -2.26. The third-order valence-electron chi connectivity index (χ3n) is 6.21. The van der Waals surface area contributed by atoms with Crippen LogP contribution in [0.3, 0.4) is 0 Å². The number of hydrogen-bond acceptors (Lipinski definition) is 7. The highest BCUT2D eigenvalue weighted by Gasteiger charge is 2.24. The van der Waals surface area contributed by atoms with Gasteiger partial charge in [-0.3, -0.25) is 4.79 Å². The number of rotatable bonds is 8. The zero-order valence-corrected chi connectivity index (χ0v) is 20.2. The average Bonchev–Trinajstić information content (AvgIpc) is 3.44. The van der Waals surface area contributed by atoms with Gasteiger partial charge in [-0.2, -0.15) is 0 Å². The monoisotopic (exact) mass is 494 g/mol. The number of aromatic hydroxyl groups is 1. The molecule has 0 spiro atoms. The predicted molar refractivity (Wildman–Crippen MR) is 135 cm³/mol. The number of aromatic amines is 1. The normalized spacial score (nSPS) is 14.5. The minimum Gasteiger partial charge on any atom is -0.494 e. The van der Waals surface area contributed by atoms with Gasteiger partial charge in [-0.15, -0.1) is 0 Å². The van der Waals surface area contributed by atoms with Crippen molar-refractivity contribution in [2.75, 3.05) is 39.3 Å². The van der Waals surface area contributed by atoms with Crippen molar-refractivity contribution in [3.63, 3.8) is 0 Å². The van der Waals surface area contributed by atoms with E-state index in [2.05, 4.69) is 20.4 Å². The minimum absolute atomic E-state index is 0.0636. The van der Waals surface area contributed by atoms with Gasteiger partial charge in [0, 0.05) is 49.7 Å². The van der Waals surface area contributed by atoms with Crippen molar-refractivity contribution in [2.45, 2.75) is 13.3 Å². The number of nitrogens with one attached hydrogen (secondary N) is 2. The van der Waals surface area contributed by atoms with Gasteiger partial charge in [0.05, 0.1) is 28.4 Å². The minimum atomic E-state index is -0.452. The summed E-state index contributed by atoms with van der Waals surface area (Å²) in [5.74, 6) is 0.166. The molecule has 4 aromatic rings. The highest BCUT2D eigenvalue weighted by atomic mass is 35.5. The smallest absolute Gasteiger partial charge is 0.237 e. The molecule has 2 aromatic carbocycles. The van der Waals surface area contributed by atoms with Crippen molar-refractivity contribution >= 4 is 28.3 Å². The topological polar surface area (TPSA) is 104 Å². The van der Waals surface area contributed by atoms with Crippen LogP contribution in [0.15, 0.2) is 47.0 Å². The zero-order chi connectivity index (χ0) is 24.4. The molecule has 9 heteroatoms. The highest BCUT2D eigenvalue weighted by molar-refractivity contribution is 6.34. The quantitative estimate of drug-likeness (QED) is 0.246.